The molecule has 1 aromatic heterocycles. The fourth-order valence-corrected chi connectivity index (χ4v) is 3.72. The molecular formula is C20H34N8O2. The molecule has 0 aromatic carbocycles. The third kappa shape index (κ3) is 4.34. The summed E-state index contributed by atoms with van der Waals surface area (Å²) in [6.45, 7) is 6.81. The summed E-state index contributed by atoms with van der Waals surface area (Å²) < 4.78 is 7.24. The van der Waals surface area contributed by atoms with Crippen molar-refractivity contribution in [3.05, 3.63) is 17.5 Å². The maximum Gasteiger partial charge on any atom is 0.273 e. The van der Waals surface area contributed by atoms with Crippen molar-refractivity contribution in [2.24, 2.45) is 17.0 Å². The van der Waals surface area contributed by atoms with Crippen molar-refractivity contribution >= 4 is 17.7 Å². The highest BCUT2D eigenvalue weighted by atomic mass is 16.5. The minimum Gasteiger partial charge on any atom is -0.377 e. The molecule has 2 fully saturated rings. The number of amides is 1. The monoisotopic (exact) mass is 418 g/mol. The molecular weight excluding hydrogens is 384 g/mol. The lowest BCUT2D eigenvalue weighted by Crippen LogP contribution is -2.70. The van der Waals surface area contributed by atoms with Crippen LogP contribution in [0.2, 0.25) is 0 Å². The Bertz CT molecular complexity index is 840. The number of hydrogen-bond donors (Lipinski definition) is 0. The second kappa shape index (κ2) is 8.73. The van der Waals surface area contributed by atoms with Crippen molar-refractivity contribution in [3.63, 3.8) is 0 Å². The highest BCUT2D eigenvalue weighted by Crippen LogP contribution is 2.28. The summed E-state index contributed by atoms with van der Waals surface area (Å²) in [5, 5.41) is 4.34. The predicted octanol–water partition coefficient (Wildman–Crippen LogP) is -0.0257. The van der Waals surface area contributed by atoms with Gasteiger partial charge in [-0.05, 0) is 20.0 Å². The fraction of sp³-hybridized carbons (Fsp3) is 0.700. The molecule has 3 heterocycles. The van der Waals surface area contributed by atoms with Crippen LogP contribution in [0.25, 0.3) is 0 Å². The summed E-state index contributed by atoms with van der Waals surface area (Å²) in [6.07, 6.45) is 0. The van der Waals surface area contributed by atoms with E-state index >= 15 is 0 Å². The van der Waals surface area contributed by atoms with Crippen LogP contribution in [0.1, 0.15) is 23.1 Å². The number of nitrogens with zero attached hydrogens (tertiary/aromatic N) is 8. The zero-order valence-electron chi connectivity index (χ0n) is 19.2. The number of rotatable bonds is 3. The van der Waals surface area contributed by atoms with Gasteiger partial charge in [-0.25, -0.2) is 4.99 Å². The van der Waals surface area contributed by atoms with Crippen molar-refractivity contribution in [3.8, 4) is 0 Å². The van der Waals surface area contributed by atoms with Crippen LogP contribution in [0.15, 0.2) is 16.1 Å². The van der Waals surface area contributed by atoms with E-state index in [-0.39, 0.29) is 11.4 Å². The van der Waals surface area contributed by atoms with Crippen LogP contribution in [0.5, 0.6) is 0 Å². The Balaban J connectivity index is 1.69. The van der Waals surface area contributed by atoms with Crippen LogP contribution >= 0.6 is 0 Å². The average molecular weight is 419 g/mol. The van der Waals surface area contributed by atoms with Crippen LogP contribution in [0.3, 0.4) is 0 Å². The van der Waals surface area contributed by atoms with Crippen molar-refractivity contribution in [1.82, 2.24) is 29.4 Å². The number of carbonyl (C=O) groups excluding carboxylic acids is 1. The summed E-state index contributed by atoms with van der Waals surface area (Å²) in [7, 11) is 11.2. The molecule has 0 radical (unpaired) electrons. The number of likely N-dealkylation sites (N-methyl/N-ethyl adjacent to an activating group) is 1. The molecule has 0 N–H and O–H groups in total. The SMILES string of the molecule is CN=C(/N=C(\C)N(C)Cc1cc(C(=O)N(C)C)nn1C)N1CCN(C)C2(COC2)C1. The number of ether oxygens (including phenoxy) is 1. The zero-order chi connectivity index (χ0) is 22.1. The maximum absolute atomic E-state index is 12.2. The number of guanidine groups is 1. The smallest absolute Gasteiger partial charge is 0.273 e. The standard InChI is InChI=1S/C20H34N8O2/c1-15(25(5)11-16-10-17(23-27(16)7)18(29)24(3)4)22-19(21-2)28-9-8-26(6)20(12-28)13-30-14-20/h10H,8-9,11-14H2,1-7H3/b21-19?,22-15+. The minimum absolute atomic E-state index is 0.0770. The molecule has 0 saturated carbocycles. The lowest BCUT2D eigenvalue weighted by molar-refractivity contribution is -0.153. The molecule has 0 atom stereocenters. The summed E-state index contributed by atoms with van der Waals surface area (Å²) >= 11 is 0. The summed E-state index contributed by atoms with van der Waals surface area (Å²) in [5.74, 6) is 1.50. The van der Waals surface area contributed by atoms with Gasteiger partial charge in [-0.1, -0.05) is 0 Å². The first-order valence-electron chi connectivity index (χ1n) is 10.2. The Labute approximate surface area is 178 Å². The summed E-state index contributed by atoms with van der Waals surface area (Å²) in [4.78, 5) is 29.7. The number of aryl methyl sites for hydroxylation is 1. The lowest BCUT2D eigenvalue weighted by atomic mass is 9.92. The van der Waals surface area contributed by atoms with E-state index in [4.69, 9.17) is 9.73 Å². The van der Waals surface area contributed by atoms with Gasteiger partial charge in [-0.15, -0.1) is 0 Å². The normalized spacial score (nSPS) is 19.8. The Morgan fingerprint density at radius 1 is 1.27 bits per heavy atom. The molecule has 2 saturated heterocycles. The predicted molar refractivity (Wildman–Crippen MR) is 117 cm³/mol. The second-order valence-corrected chi connectivity index (χ2v) is 8.44. The van der Waals surface area contributed by atoms with Crippen molar-refractivity contribution in [2.75, 3.05) is 68.1 Å². The fourth-order valence-electron chi connectivity index (χ4n) is 3.72. The first-order chi connectivity index (χ1) is 14.2. The van der Waals surface area contributed by atoms with Gasteiger partial charge in [0, 0.05) is 54.9 Å². The van der Waals surface area contributed by atoms with Gasteiger partial charge in [0.05, 0.1) is 31.0 Å². The van der Waals surface area contributed by atoms with Gasteiger partial charge in [0.15, 0.2) is 5.69 Å². The molecule has 10 heteroatoms. The number of aromatic nitrogens is 2. The van der Waals surface area contributed by atoms with Gasteiger partial charge >= 0.3 is 0 Å². The molecule has 2 aliphatic heterocycles. The highest BCUT2D eigenvalue weighted by Gasteiger charge is 2.46. The molecule has 30 heavy (non-hydrogen) atoms. The minimum atomic E-state index is -0.103. The molecule has 1 amide bonds. The van der Waals surface area contributed by atoms with Crippen LogP contribution in [0, 0.1) is 0 Å². The number of amidine groups is 1. The van der Waals surface area contributed by atoms with Gasteiger partial charge in [0.1, 0.15) is 5.84 Å². The summed E-state index contributed by atoms with van der Waals surface area (Å²) in [6, 6.07) is 1.84. The van der Waals surface area contributed by atoms with Crippen LogP contribution < -0.4 is 0 Å². The Morgan fingerprint density at radius 3 is 2.53 bits per heavy atom. The molecule has 166 valence electrons. The largest absolute Gasteiger partial charge is 0.377 e. The number of hydrogen-bond acceptors (Lipinski definition) is 5. The topological polar surface area (TPSA) is 81.8 Å². The van der Waals surface area contributed by atoms with Crippen LogP contribution in [0.4, 0.5) is 0 Å². The van der Waals surface area contributed by atoms with E-state index < -0.39 is 0 Å². The molecule has 0 bridgehead atoms. The number of carbonyl (C=O) groups is 1. The summed E-state index contributed by atoms with van der Waals surface area (Å²) in [5.41, 5.74) is 1.47. The van der Waals surface area contributed by atoms with E-state index in [2.05, 4.69) is 26.9 Å². The first kappa shape index (κ1) is 22.2. The van der Waals surface area contributed by atoms with E-state index in [0.717, 1.165) is 50.3 Å². The Kier molecular flexibility index (Phi) is 6.47. The molecule has 0 unspecified atom stereocenters. The second-order valence-electron chi connectivity index (χ2n) is 8.44. The Morgan fingerprint density at radius 2 is 1.97 bits per heavy atom. The van der Waals surface area contributed by atoms with E-state index in [1.807, 2.05) is 32.0 Å². The molecule has 1 spiro atoms. The van der Waals surface area contributed by atoms with Gasteiger partial charge in [0.25, 0.3) is 5.91 Å². The van der Waals surface area contributed by atoms with E-state index in [1.165, 1.54) is 4.90 Å². The quantitative estimate of drug-likeness (QED) is 0.507. The third-order valence-electron chi connectivity index (χ3n) is 6.04. The van der Waals surface area contributed by atoms with Crippen molar-refractivity contribution in [2.45, 2.75) is 19.0 Å². The van der Waals surface area contributed by atoms with Crippen LogP contribution in [-0.4, -0.2) is 121 Å². The van der Waals surface area contributed by atoms with Gasteiger partial charge < -0.3 is 19.4 Å². The number of aliphatic imine (C=N–C) groups is 2. The number of piperazine rings is 1. The molecule has 10 nitrogen and oxygen atoms in total. The highest BCUT2D eigenvalue weighted by molar-refractivity contribution is 5.95. The first-order valence-corrected chi connectivity index (χ1v) is 10.2. The molecule has 0 aliphatic carbocycles. The van der Waals surface area contributed by atoms with Gasteiger partial charge in [0.2, 0.25) is 5.96 Å². The lowest BCUT2D eigenvalue weighted by Gasteiger charge is -2.54. The van der Waals surface area contributed by atoms with E-state index in [0.29, 0.717) is 12.2 Å². The van der Waals surface area contributed by atoms with Crippen molar-refractivity contribution in [1.29, 1.82) is 0 Å². The average Bonchev–Trinajstić information content (AvgIpc) is 3.04. The van der Waals surface area contributed by atoms with Crippen molar-refractivity contribution < 1.29 is 9.53 Å². The maximum atomic E-state index is 12.2. The van der Waals surface area contributed by atoms with Crippen LogP contribution in [-0.2, 0) is 18.3 Å². The molecule has 1 aromatic rings. The molecule has 3 rings (SSSR count). The zero-order valence-corrected chi connectivity index (χ0v) is 19.2. The van der Waals surface area contributed by atoms with Gasteiger partial charge in [-0.2, -0.15) is 5.10 Å². The third-order valence-corrected chi connectivity index (χ3v) is 6.04. The van der Waals surface area contributed by atoms with Gasteiger partial charge in [-0.3, -0.25) is 19.4 Å². The Hall–Kier alpha value is -2.46. The van der Waals surface area contributed by atoms with E-state index in [9.17, 15) is 4.79 Å². The van der Waals surface area contributed by atoms with E-state index in [1.54, 1.807) is 25.8 Å². The molecule has 2 aliphatic rings.